The highest BCUT2D eigenvalue weighted by Gasteiger charge is 2.81. The molecular formula is C19H22O. The maximum absolute atomic E-state index is 6.12. The topological polar surface area (TPSA) is 9.23 Å². The average Bonchev–Trinajstić information content (AvgIpc) is 2.90. The van der Waals surface area contributed by atoms with Crippen LogP contribution in [-0.2, 0) is 15.8 Å². The molecule has 2 unspecified atom stereocenters. The van der Waals surface area contributed by atoms with Crippen LogP contribution in [0, 0.1) is 5.41 Å². The minimum Gasteiger partial charge on any atom is -0.372 e. The van der Waals surface area contributed by atoms with Gasteiger partial charge in [0, 0.05) is 17.9 Å². The van der Waals surface area contributed by atoms with Gasteiger partial charge in [-0.05, 0) is 11.1 Å². The first-order valence-electron chi connectivity index (χ1n) is 7.18. The predicted octanol–water partition coefficient (Wildman–Crippen LogP) is 4.53. The van der Waals surface area contributed by atoms with Crippen molar-refractivity contribution in [3.05, 3.63) is 71.8 Å². The normalized spacial score (nSPS) is 31.0. The van der Waals surface area contributed by atoms with E-state index in [1.165, 1.54) is 11.1 Å². The second-order valence-electron chi connectivity index (χ2n) is 6.37. The van der Waals surface area contributed by atoms with Crippen molar-refractivity contribution in [2.24, 2.45) is 5.41 Å². The van der Waals surface area contributed by atoms with Crippen molar-refractivity contribution in [3.8, 4) is 0 Å². The van der Waals surface area contributed by atoms with Gasteiger partial charge in [0.25, 0.3) is 0 Å². The fraction of sp³-hybridized carbons (Fsp3) is 0.368. The zero-order valence-electron chi connectivity index (χ0n) is 12.7. The first-order valence-corrected chi connectivity index (χ1v) is 7.18. The fourth-order valence-electron chi connectivity index (χ4n) is 4.28. The molecule has 1 aliphatic carbocycles. The van der Waals surface area contributed by atoms with Crippen molar-refractivity contribution in [1.82, 2.24) is 0 Å². The Morgan fingerprint density at radius 1 is 0.700 bits per heavy atom. The van der Waals surface area contributed by atoms with Crippen LogP contribution in [0.1, 0.15) is 31.9 Å². The van der Waals surface area contributed by atoms with Gasteiger partial charge in [0.15, 0.2) is 0 Å². The van der Waals surface area contributed by atoms with Gasteiger partial charge in [-0.15, -0.1) is 0 Å². The van der Waals surface area contributed by atoms with E-state index >= 15 is 0 Å². The first kappa shape index (κ1) is 13.4. The predicted molar refractivity (Wildman–Crippen MR) is 82.7 cm³/mol. The summed E-state index contributed by atoms with van der Waals surface area (Å²) in [6.07, 6.45) is 0. The molecule has 1 nitrogen and oxygen atoms in total. The highest BCUT2D eigenvalue weighted by molar-refractivity contribution is 5.52. The SMILES string of the molecule is COC1(c2ccccc2)C(C)(C)C1(C)c1ccccc1. The maximum atomic E-state index is 6.12. The van der Waals surface area contributed by atoms with E-state index in [-0.39, 0.29) is 16.4 Å². The van der Waals surface area contributed by atoms with Crippen molar-refractivity contribution in [1.29, 1.82) is 0 Å². The Morgan fingerprint density at radius 3 is 1.60 bits per heavy atom. The van der Waals surface area contributed by atoms with Gasteiger partial charge in [-0.3, -0.25) is 0 Å². The summed E-state index contributed by atoms with van der Waals surface area (Å²) in [7, 11) is 1.84. The Bertz CT molecular complexity index is 602. The van der Waals surface area contributed by atoms with Gasteiger partial charge < -0.3 is 4.74 Å². The number of hydrogen-bond donors (Lipinski definition) is 0. The lowest BCUT2D eigenvalue weighted by Crippen LogP contribution is -2.22. The zero-order chi connectivity index (χ0) is 14.4. The standard InChI is InChI=1S/C19H22O/c1-17(2)18(3,15-11-7-5-8-12-15)19(17,20-4)16-13-9-6-10-14-16/h5-14H,1-4H3. The Hall–Kier alpha value is -1.60. The summed E-state index contributed by atoms with van der Waals surface area (Å²) in [6, 6.07) is 21.3. The summed E-state index contributed by atoms with van der Waals surface area (Å²) in [4.78, 5) is 0. The van der Waals surface area contributed by atoms with Gasteiger partial charge in [0.2, 0.25) is 0 Å². The molecule has 0 radical (unpaired) electrons. The Labute approximate surface area is 121 Å². The lowest BCUT2D eigenvalue weighted by molar-refractivity contribution is 0.0358. The maximum Gasteiger partial charge on any atom is 0.109 e. The molecule has 0 bridgehead atoms. The van der Waals surface area contributed by atoms with Gasteiger partial charge in [-0.25, -0.2) is 0 Å². The Kier molecular flexibility index (Phi) is 2.81. The molecule has 1 saturated carbocycles. The molecule has 0 aromatic heterocycles. The number of methoxy groups -OCH3 is 1. The van der Waals surface area contributed by atoms with E-state index in [4.69, 9.17) is 4.74 Å². The van der Waals surface area contributed by atoms with E-state index in [9.17, 15) is 0 Å². The molecule has 2 aromatic rings. The first-order chi connectivity index (χ1) is 9.52. The average molecular weight is 266 g/mol. The van der Waals surface area contributed by atoms with Crippen LogP contribution < -0.4 is 0 Å². The van der Waals surface area contributed by atoms with Crippen LogP contribution in [0.5, 0.6) is 0 Å². The van der Waals surface area contributed by atoms with E-state index in [2.05, 4.69) is 81.4 Å². The van der Waals surface area contributed by atoms with Crippen molar-refractivity contribution in [2.45, 2.75) is 31.8 Å². The minimum atomic E-state index is -0.261. The molecule has 1 fully saturated rings. The van der Waals surface area contributed by atoms with Crippen LogP contribution in [0.25, 0.3) is 0 Å². The number of ether oxygens (including phenoxy) is 1. The molecule has 1 aliphatic rings. The van der Waals surface area contributed by atoms with Crippen molar-refractivity contribution >= 4 is 0 Å². The highest BCUT2D eigenvalue weighted by atomic mass is 16.5. The molecule has 0 saturated heterocycles. The van der Waals surface area contributed by atoms with Crippen LogP contribution in [0.4, 0.5) is 0 Å². The van der Waals surface area contributed by atoms with Crippen LogP contribution >= 0.6 is 0 Å². The van der Waals surface area contributed by atoms with E-state index in [0.717, 1.165) is 0 Å². The highest BCUT2D eigenvalue weighted by Crippen LogP contribution is 2.78. The molecule has 0 N–H and O–H groups in total. The molecule has 104 valence electrons. The molecule has 0 amide bonds. The van der Waals surface area contributed by atoms with Crippen LogP contribution in [-0.4, -0.2) is 7.11 Å². The minimum absolute atomic E-state index is 0.0165. The van der Waals surface area contributed by atoms with Gasteiger partial charge in [0.1, 0.15) is 5.60 Å². The zero-order valence-corrected chi connectivity index (χ0v) is 12.7. The second kappa shape index (κ2) is 4.20. The monoisotopic (exact) mass is 266 g/mol. The lowest BCUT2D eigenvalue weighted by atomic mass is 9.88. The Balaban J connectivity index is 2.19. The summed E-state index contributed by atoms with van der Waals surface area (Å²) in [5.41, 5.74) is 2.38. The van der Waals surface area contributed by atoms with Crippen molar-refractivity contribution in [2.75, 3.05) is 7.11 Å². The summed E-state index contributed by atoms with van der Waals surface area (Å²) >= 11 is 0. The molecule has 0 heterocycles. The summed E-state index contributed by atoms with van der Waals surface area (Å²) in [6.45, 7) is 6.92. The molecule has 1 heteroatoms. The molecule has 3 rings (SSSR count). The molecule has 20 heavy (non-hydrogen) atoms. The van der Waals surface area contributed by atoms with Crippen LogP contribution in [0.15, 0.2) is 60.7 Å². The number of rotatable bonds is 3. The smallest absolute Gasteiger partial charge is 0.109 e. The molecule has 0 aliphatic heterocycles. The fourth-order valence-corrected chi connectivity index (χ4v) is 4.28. The molecular weight excluding hydrogens is 244 g/mol. The molecule has 0 spiro atoms. The third-order valence-electron chi connectivity index (χ3n) is 5.61. The lowest BCUT2D eigenvalue weighted by Gasteiger charge is -2.22. The number of benzene rings is 2. The van der Waals surface area contributed by atoms with Gasteiger partial charge in [-0.2, -0.15) is 0 Å². The van der Waals surface area contributed by atoms with E-state index in [0.29, 0.717) is 0 Å². The quantitative estimate of drug-likeness (QED) is 0.793. The number of hydrogen-bond acceptors (Lipinski definition) is 1. The second-order valence-corrected chi connectivity index (χ2v) is 6.37. The third kappa shape index (κ3) is 1.31. The third-order valence-corrected chi connectivity index (χ3v) is 5.61. The van der Waals surface area contributed by atoms with Crippen LogP contribution in [0.3, 0.4) is 0 Å². The van der Waals surface area contributed by atoms with E-state index in [1.807, 2.05) is 7.11 Å². The van der Waals surface area contributed by atoms with Crippen molar-refractivity contribution in [3.63, 3.8) is 0 Å². The van der Waals surface area contributed by atoms with Gasteiger partial charge >= 0.3 is 0 Å². The largest absolute Gasteiger partial charge is 0.372 e. The Morgan fingerprint density at radius 2 is 1.15 bits per heavy atom. The molecule has 2 atom stereocenters. The summed E-state index contributed by atoms with van der Waals surface area (Å²) in [5.74, 6) is 0. The van der Waals surface area contributed by atoms with Gasteiger partial charge in [0.05, 0.1) is 0 Å². The summed E-state index contributed by atoms with van der Waals surface area (Å²) < 4.78 is 6.12. The molecule has 2 aromatic carbocycles. The summed E-state index contributed by atoms with van der Waals surface area (Å²) in [5, 5.41) is 0. The van der Waals surface area contributed by atoms with E-state index in [1.54, 1.807) is 0 Å². The van der Waals surface area contributed by atoms with Crippen LogP contribution in [0.2, 0.25) is 0 Å². The van der Waals surface area contributed by atoms with Gasteiger partial charge in [-0.1, -0.05) is 81.4 Å². The van der Waals surface area contributed by atoms with E-state index < -0.39 is 0 Å². The van der Waals surface area contributed by atoms with Crippen molar-refractivity contribution < 1.29 is 4.74 Å².